The van der Waals surface area contributed by atoms with E-state index in [2.05, 4.69) is 48.5 Å². The Kier molecular flexibility index (Phi) is 8.48. The summed E-state index contributed by atoms with van der Waals surface area (Å²) in [6.07, 6.45) is 8.11. The smallest absolute Gasteiger partial charge is 0.312 e. The van der Waals surface area contributed by atoms with Gasteiger partial charge in [0.1, 0.15) is 18.0 Å². The van der Waals surface area contributed by atoms with Crippen molar-refractivity contribution in [1.29, 1.82) is 0 Å². The minimum atomic E-state index is -0.979. The second-order valence-electron chi connectivity index (χ2n) is 19.6. The first kappa shape index (κ1) is 36.3. The van der Waals surface area contributed by atoms with E-state index in [0.717, 1.165) is 62.4 Å². The first-order chi connectivity index (χ1) is 21.4. The summed E-state index contributed by atoms with van der Waals surface area (Å²) in [5.41, 5.74) is 5.91. The summed E-state index contributed by atoms with van der Waals surface area (Å²) >= 11 is 0. The summed E-state index contributed by atoms with van der Waals surface area (Å²) in [6.45, 7) is 25.0. The van der Waals surface area contributed by atoms with Crippen LogP contribution in [0, 0.1) is 50.2 Å². The predicted molar refractivity (Wildman–Crippen MR) is 183 cm³/mol. The van der Waals surface area contributed by atoms with Gasteiger partial charge < -0.3 is 20.0 Å². The molecular weight excluding hydrogens is 590 g/mol. The van der Waals surface area contributed by atoms with Crippen LogP contribution in [0.2, 0.25) is 0 Å². The lowest BCUT2D eigenvalue weighted by molar-refractivity contribution is -0.236. The largest absolute Gasteiger partial charge is 0.462 e. The Morgan fingerprint density at radius 1 is 0.915 bits per heavy atom. The Bertz CT molecular complexity index is 1380. The number of carbonyl (C=O) groups excluding carboxylic acids is 4. The van der Waals surface area contributed by atoms with Crippen LogP contribution in [0.15, 0.2) is 11.1 Å². The Hall–Kier alpha value is -2.02. The van der Waals surface area contributed by atoms with Gasteiger partial charge in [-0.1, -0.05) is 48.5 Å². The van der Waals surface area contributed by atoms with Crippen molar-refractivity contribution in [3.05, 3.63) is 11.1 Å². The predicted octanol–water partition coefficient (Wildman–Crippen LogP) is 7.92. The molecule has 5 aliphatic rings. The second-order valence-corrected chi connectivity index (χ2v) is 19.6. The van der Waals surface area contributed by atoms with E-state index in [0.29, 0.717) is 18.3 Å². The van der Waals surface area contributed by atoms with E-state index < -0.39 is 27.9 Å². The molecule has 0 radical (unpaired) electrons. The van der Waals surface area contributed by atoms with Crippen molar-refractivity contribution in [1.82, 2.24) is 0 Å². The summed E-state index contributed by atoms with van der Waals surface area (Å²) in [5, 5.41) is 0. The maximum Gasteiger partial charge on any atom is 0.312 e. The number of ether oxygens (including phenoxy) is 2. The maximum absolute atomic E-state index is 13.5. The van der Waals surface area contributed by atoms with Gasteiger partial charge >= 0.3 is 11.9 Å². The number of hydrogen-bond acceptors (Lipinski definition) is 7. The van der Waals surface area contributed by atoms with Gasteiger partial charge in [-0.2, -0.15) is 0 Å². The average Bonchev–Trinajstić information content (AvgIpc) is 3.24. The molecule has 0 aromatic heterocycles. The van der Waals surface area contributed by atoms with Gasteiger partial charge in [0.25, 0.3) is 0 Å². The van der Waals surface area contributed by atoms with Crippen LogP contribution >= 0.6 is 0 Å². The Labute approximate surface area is 283 Å². The standard InChI is InChI=1S/C40H63NO6/c1-24(2)30-25(43)21-39(23-42)20-19-38(12)37(11)17-13-26-35(8,9)28(46-29(44)22-34(6,7)32(45)47-33(3,4)5)15-16-36(26,10)27(37)14-18-40(38,41)31(30)39/h23-24,26-28H,13-22,41H2,1-12H3/t26?,27-,28?,36+,37-,38+,39?,40+/m1/s1. The number of rotatable bonds is 6. The number of nitrogens with two attached hydrogens (primary N) is 1. The zero-order chi connectivity index (χ0) is 35.4. The monoisotopic (exact) mass is 653 g/mol. The number of ketones is 1. The third kappa shape index (κ3) is 5.12. The van der Waals surface area contributed by atoms with Crippen LogP contribution in [0.4, 0.5) is 0 Å². The van der Waals surface area contributed by atoms with Gasteiger partial charge in [0, 0.05) is 17.4 Å². The van der Waals surface area contributed by atoms with E-state index in [9.17, 15) is 19.2 Å². The Morgan fingerprint density at radius 2 is 1.53 bits per heavy atom. The van der Waals surface area contributed by atoms with E-state index in [-0.39, 0.29) is 58.3 Å². The number of hydrogen-bond donors (Lipinski definition) is 1. The van der Waals surface area contributed by atoms with Crippen molar-refractivity contribution in [2.75, 3.05) is 0 Å². The van der Waals surface area contributed by atoms with Crippen LogP contribution < -0.4 is 5.73 Å². The molecule has 0 aromatic rings. The fourth-order valence-electron chi connectivity index (χ4n) is 12.2. The average molecular weight is 654 g/mol. The number of aldehydes is 1. The van der Waals surface area contributed by atoms with Crippen LogP contribution in [0.5, 0.6) is 0 Å². The molecule has 7 heteroatoms. The molecule has 4 fully saturated rings. The molecule has 0 heterocycles. The van der Waals surface area contributed by atoms with Crippen LogP contribution in [0.3, 0.4) is 0 Å². The molecule has 5 rings (SSSR count). The van der Waals surface area contributed by atoms with Crippen LogP contribution in [0.1, 0.15) is 147 Å². The Balaban J connectivity index is 1.41. The lowest BCUT2D eigenvalue weighted by Gasteiger charge is -2.74. The molecule has 7 nitrogen and oxygen atoms in total. The molecule has 264 valence electrons. The van der Waals surface area contributed by atoms with Crippen molar-refractivity contribution < 1.29 is 28.7 Å². The highest BCUT2D eigenvalue weighted by atomic mass is 16.6. The molecule has 47 heavy (non-hydrogen) atoms. The van der Waals surface area contributed by atoms with Gasteiger partial charge in [0.15, 0.2) is 5.78 Å². The van der Waals surface area contributed by atoms with Gasteiger partial charge in [-0.05, 0) is 131 Å². The summed E-state index contributed by atoms with van der Waals surface area (Å²) in [7, 11) is 0. The van der Waals surface area contributed by atoms with Crippen LogP contribution in [0.25, 0.3) is 0 Å². The minimum Gasteiger partial charge on any atom is -0.462 e. The van der Waals surface area contributed by atoms with Crippen molar-refractivity contribution >= 4 is 24.0 Å². The van der Waals surface area contributed by atoms with Crippen LogP contribution in [-0.4, -0.2) is 41.3 Å². The zero-order valence-electron chi connectivity index (χ0n) is 31.5. The molecule has 3 unspecified atom stereocenters. The van der Waals surface area contributed by atoms with Gasteiger partial charge in [0.2, 0.25) is 0 Å². The molecule has 2 N–H and O–H groups in total. The zero-order valence-corrected chi connectivity index (χ0v) is 31.5. The third-order valence-electron chi connectivity index (χ3n) is 14.7. The molecule has 8 atom stereocenters. The van der Waals surface area contributed by atoms with Crippen molar-refractivity contribution in [3.63, 3.8) is 0 Å². The van der Waals surface area contributed by atoms with E-state index in [1.54, 1.807) is 13.8 Å². The third-order valence-corrected chi connectivity index (χ3v) is 14.7. The van der Waals surface area contributed by atoms with Gasteiger partial charge in [-0.15, -0.1) is 0 Å². The highest BCUT2D eigenvalue weighted by Gasteiger charge is 2.74. The van der Waals surface area contributed by atoms with E-state index in [1.807, 2.05) is 20.8 Å². The quantitative estimate of drug-likeness (QED) is 0.229. The molecule has 4 saturated carbocycles. The molecule has 0 aliphatic heterocycles. The number of fused-ring (bicyclic) bond motifs is 7. The molecule has 0 amide bonds. The molecule has 0 bridgehead atoms. The van der Waals surface area contributed by atoms with Crippen LogP contribution in [-0.2, 0) is 28.7 Å². The molecule has 0 spiro atoms. The second kappa shape index (κ2) is 11.0. The maximum atomic E-state index is 13.5. The van der Waals surface area contributed by atoms with Crippen molar-refractivity contribution in [2.24, 2.45) is 56.0 Å². The van der Waals surface area contributed by atoms with Crippen molar-refractivity contribution in [2.45, 2.75) is 165 Å². The summed E-state index contributed by atoms with van der Waals surface area (Å²) in [5.74, 6) is 0.183. The highest BCUT2D eigenvalue weighted by molar-refractivity contribution is 6.04. The van der Waals surface area contributed by atoms with E-state index in [1.165, 1.54) is 0 Å². The Morgan fingerprint density at radius 3 is 2.11 bits per heavy atom. The number of allylic oxidation sites excluding steroid dienone is 1. The molecule has 5 aliphatic carbocycles. The molecule has 0 saturated heterocycles. The van der Waals surface area contributed by atoms with E-state index >= 15 is 0 Å². The lowest BCUT2D eigenvalue weighted by atomic mass is 9.31. The van der Waals surface area contributed by atoms with Gasteiger partial charge in [-0.3, -0.25) is 14.4 Å². The highest BCUT2D eigenvalue weighted by Crippen LogP contribution is 2.77. The number of esters is 2. The molecule has 0 aromatic carbocycles. The minimum absolute atomic E-state index is 0.0208. The normalized spacial score (nSPS) is 41.4. The first-order valence-corrected chi connectivity index (χ1v) is 18.3. The molecular formula is C40H63NO6. The lowest BCUT2D eigenvalue weighted by Crippen LogP contribution is -2.74. The summed E-state index contributed by atoms with van der Waals surface area (Å²) < 4.78 is 11.9. The first-order valence-electron chi connectivity index (χ1n) is 18.3. The SMILES string of the molecule is CC(C)C1=C2C(C=O)(CC[C@]3(C)[C@]2(N)CC[C@@H]2[C@@]4(C)CCC(OC(=O)CC(C)(C)C(=O)OC(C)(C)C)C(C)(C)C4CC[C@]23C)CC1=O. The summed E-state index contributed by atoms with van der Waals surface area (Å²) in [6, 6.07) is 0. The van der Waals surface area contributed by atoms with Crippen molar-refractivity contribution in [3.8, 4) is 0 Å². The van der Waals surface area contributed by atoms with E-state index in [4.69, 9.17) is 15.2 Å². The number of carbonyl (C=O) groups is 4. The topological polar surface area (TPSA) is 113 Å². The van der Waals surface area contributed by atoms with Gasteiger partial charge in [0.05, 0.1) is 17.3 Å². The fourth-order valence-corrected chi connectivity index (χ4v) is 12.2. The van der Waals surface area contributed by atoms with Gasteiger partial charge in [-0.25, -0.2) is 0 Å². The summed E-state index contributed by atoms with van der Waals surface area (Å²) in [4.78, 5) is 52.6. The fraction of sp³-hybridized carbons (Fsp3) is 0.850. The number of Topliss-reactive ketones (excluding diaryl/α,β-unsaturated/α-hetero) is 1.